The number of imidazole rings is 1. The van der Waals surface area contributed by atoms with Gasteiger partial charge in [0.25, 0.3) is 11.8 Å². The van der Waals surface area contributed by atoms with Crippen LogP contribution in [-0.2, 0) is 6.18 Å². The highest BCUT2D eigenvalue weighted by molar-refractivity contribution is 7.18. The Kier molecular flexibility index (Phi) is 7.80. The van der Waals surface area contributed by atoms with Crippen molar-refractivity contribution in [2.75, 3.05) is 16.0 Å². The summed E-state index contributed by atoms with van der Waals surface area (Å²) in [6, 6.07) is 8.37. The van der Waals surface area contributed by atoms with Gasteiger partial charge in [-0.1, -0.05) is 18.9 Å². The molecule has 3 aromatic heterocycles. The number of amides is 2. The number of carbonyl (C=O) groups excluding carboxylic acids is 2. The minimum Gasteiger partial charge on any atom is -0.366 e. The number of halogens is 3. The Labute approximate surface area is 254 Å². The molecule has 2 aromatic carbocycles. The second-order valence-corrected chi connectivity index (χ2v) is 11.7. The number of hydrogen-bond acceptors (Lipinski definition) is 7. The summed E-state index contributed by atoms with van der Waals surface area (Å²) >= 11 is 1.39. The average Bonchev–Trinajstić information content (AvgIpc) is 3.76. The Balaban J connectivity index is 1.22. The fraction of sp³-hybridized carbons (Fsp3) is 0.258. The third kappa shape index (κ3) is 6.13. The lowest BCUT2D eigenvalue weighted by Gasteiger charge is -2.14. The van der Waals surface area contributed by atoms with Crippen LogP contribution in [0.25, 0.3) is 15.9 Å². The topological polar surface area (TPSA) is 114 Å². The molecule has 0 radical (unpaired) electrons. The molecule has 5 aromatic rings. The summed E-state index contributed by atoms with van der Waals surface area (Å²) in [5.41, 5.74) is 2.02. The number of anilines is 3. The van der Waals surface area contributed by atoms with Crippen LogP contribution < -0.4 is 16.0 Å². The zero-order chi connectivity index (χ0) is 31.0. The first-order chi connectivity index (χ1) is 21.0. The van der Waals surface area contributed by atoms with Gasteiger partial charge < -0.3 is 20.5 Å². The molecule has 0 saturated heterocycles. The predicted molar refractivity (Wildman–Crippen MR) is 164 cm³/mol. The van der Waals surface area contributed by atoms with Gasteiger partial charge in [0.05, 0.1) is 33.4 Å². The number of rotatable bonds is 7. The van der Waals surface area contributed by atoms with Crippen molar-refractivity contribution in [2.45, 2.75) is 51.7 Å². The molecule has 6 rings (SSSR count). The molecule has 0 atom stereocenters. The summed E-state index contributed by atoms with van der Waals surface area (Å²) in [4.78, 5) is 39.4. The van der Waals surface area contributed by atoms with E-state index in [0.717, 1.165) is 35.2 Å². The molecule has 0 spiro atoms. The molecule has 9 nitrogen and oxygen atoms in total. The number of thiophene rings is 1. The largest absolute Gasteiger partial charge is 0.416 e. The Morgan fingerprint density at radius 1 is 0.977 bits per heavy atom. The van der Waals surface area contributed by atoms with E-state index in [1.165, 1.54) is 47.5 Å². The number of fused-ring (bicyclic) bond motifs is 1. The number of nitrogens with one attached hydrogen (secondary N) is 3. The Morgan fingerprint density at radius 2 is 1.77 bits per heavy atom. The number of carbonyl (C=O) groups is 2. The molecule has 1 aliphatic carbocycles. The molecule has 3 heterocycles. The highest BCUT2D eigenvalue weighted by Crippen LogP contribution is 2.34. The SMILES string of the molecule is Cc1cn(-c2cc(C(=O)Nc3ccc(C)c(NC(=O)c4csc5c(NC6CCCC6)ncnc45)c3)cc(C(F)(F)F)c2)cn1. The maximum atomic E-state index is 13.7. The van der Waals surface area contributed by atoms with Gasteiger partial charge in [-0.2, -0.15) is 13.2 Å². The van der Waals surface area contributed by atoms with Crippen LogP contribution in [0.4, 0.5) is 30.4 Å². The highest BCUT2D eigenvalue weighted by Gasteiger charge is 2.32. The van der Waals surface area contributed by atoms with E-state index in [9.17, 15) is 22.8 Å². The molecule has 0 bridgehead atoms. The van der Waals surface area contributed by atoms with E-state index in [0.29, 0.717) is 40.0 Å². The molecule has 1 aliphatic rings. The lowest BCUT2D eigenvalue weighted by molar-refractivity contribution is -0.137. The minimum absolute atomic E-state index is 0.149. The first-order valence-electron chi connectivity index (χ1n) is 14.0. The van der Waals surface area contributed by atoms with Crippen LogP contribution in [-0.4, -0.2) is 37.4 Å². The molecule has 0 unspecified atom stereocenters. The highest BCUT2D eigenvalue weighted by atomic mass is 32.1. The van der Waals surface area contributed by atoms with Crippen molar-refractivity contribution in [1.29, 1.82) is 0 Å². The van der Waals surface area contributed by atoms with Gasteiger partial charge >= 0.3 is 6.18 Å². The molecule has 13 heteroatoms. The van der Waals surface area contributed by atoms with Gasteiger partial charge in [0.1, 0.15) is 12.1 Å². The standard InChI is InChI=1S/C31H28F3N7O2S/c1-17-7-8-22(39-29(42)19-9-20(31(32,33)34)11-23(10-19)41-13-18(2)37-16-41)12-25(17)40-30(43)24-14-44-27-26(24)35-15-36-28(27)38-21-5-3-4-6-21/h7-16,21H,3-6H2,1-2H3,(H,39,42)(H,40,43)(H,35,36,38). The second-order valence-electron chi connectivity index (χ2n) is 10.8. The lowest BCUT2D eigenvalue weighted by Crippen LogP contribution is -2.16. The van der Waals surface area contributed by atoms with Crippen molar-refractivity contribution in [3.8, 4) is 5.69 Å². The van der Waals surface area contributed by atoms with E-state index >= 15 is 0 Å². The van der Waals surface area contributed by atoms with Gasteiger partial charge in [-0.3, -0.25) is 9.59 Å². The average molecular weight is 620 g/mol. The van der Waals surface area contributed by atoms with E-state index in [2.05, 4.69) is 30.9 Å². The van der Waals surface area contributed by atoms with Crippen LogP contribution in [0.1, 0.15) is 63.2 Å². The van der Waals surface area contributed by atoms with E-state index in [1.54, 1.807) is 43.6 Å². The summed E-state index contributed by atoms with van der Waals surface area (Å²) in [7, 11) is 0. The fourth-order valence-corrected chi connectivity index (χ4v) is 6.17. The van der Waals surface area contributed by atoms with Crippen molar-refractivity contribution >= 4 is 50.6 Å². The van der Waals surface area contributed by atoms with Gasteiger partial charge in [0.15, 0.2) is 0 Å². The first-order valence-corrected chi connectivity index (χ1v) is 14.9. The van der Waals surface area contributed by atoms with E-state index in [1.807, 2.05) is 0 Å². The van der Waals surface area contributed by atoms with Crippen LogP contribution in [0.2, 0.25) is 0 Å². The van der Waals surface area contributed by atoms with Crippen molar-refractivity contribution in [3.63, 3.8) is 0 Å². The third-order valence-corrected chi connectivity index (χ3v) is 8.53. The van der Waals surface area contributed by atoms with Crippen LogP contribution in [0, 0.1) is 13.8 Å². The van der Waals surface area contributed by atoms with Gasteiger partial charge in [0.2, 0.25) is 0 Å². The third-order valence-electron chi connectivity index (χ3n) is 7.55. The van der Waals surface area contributed by atoms with Gasteiger partial charge in [0, 0.05) is 40.2 Å². The Hall–Kier alpha value is -4.78. The summed E-state index contributed by atoms with van der Waals surface area (Å²) in [5, 5.41) is 10.8. The molecule has 3 N–H and O–H groups in total. The monoisotopic (exact) mass is 619 g/mol. The lowest BCUT2D eigenvalue weighted by atomic mass is 10.1. The quantitative estimate of drug-likeness (QED) is 0.175. The van der Waals surface area contributed by atoms with Crippen molar-refractivity contribution in [3.05, 3.63) is 88.6 Å². The summed E-state index contributed by atoms with van der Waals surface area (Å²) in [6.45, 7) is 3.51. The number of aryl methyl sites for hydroxylation is 2. The molecular weight excluding hydrogens is 591 g/mol. The molecule has 1 saturated carbocycles. The molecule has 2 amide bonds. The van der Waals surface area contributed by atoms with Gasteiger partial charge in [-0.05, 0) is 62.6 Å². The van der Waals surface area contributed by atoms with E-state index in [4.69, 9.17) is 0 Å². The predicted octanol–water partition coefficient (Wildman–Crippen LogP) is 7.37. The number of hydrogen-bond donors (Lipinski definition) is 3. The van der Waals surface area contributed by atoms with Gasteiger partial charge in [-0.25, -0.2) is 15.0 Å². The summed E-state index contributed by atoms with van der Waals surface area (Å²) in [6.07, 6.45) is 4.25. The van der Waals surface area contributed by atoms with Crippen LogP contribution >= 0.6 is 11.3 Å². The molecule has 226 valence electrons. The molecule has 1 fully saturated rings. The smallest absolute Gasteiger partial charge is 0.366 e. The summed E-state index contributed by atoms with van der Waals surface area (Å²) in [5.74, 6) is -0.405. The van der Waals surface area contributed by atoms with Crippen LogP contribution in [0.5, 0.6) is 0 Å². The first kappa shape index (κ1) is 29.3. The number of alkyl halides is 3. The normalized spacial score (nSPS) is 13.8. The van der Waals surface area contributed by atoms with E-state index in [-0.39, 0.29) is 17.2 Å². The number of aromatic nitrogens is 4. The second kappa shape index (κ2) is 11.7. The maximum Gasteiger partial charge on any atom is 0.416 e. The van der Waals surface area contributed by atoms with Gasteiger partial charge in [-0.15, -0.1) is 11.3 Å². The maximum absolute atomic E-state index is 13.7. The zero-order valence-electron chi connectivity index (χ0n) is 23.8. The molecular formula is C31H28F3N7O2S. The van der Waals surface area contributed by atoms with Crippen LogP contribution in [0.15, 0.2) is 60.6 Å². The number of benzene rings is 2. The van der Waals surface area contributed by atoms with Crippen molar-refractivity contribution in [1.82, 2.24) is 19.5 Å². The molecule has 0 aliphatic heterocycles. The minimum atomic E-state index is -4.66. The zero-order valence-corrected chi connectivity index (χ0v) is 24.6. The number of nitrogens with zero attached hydrogens (tertiary/aromatic N) is 4. The van der Waals surface area contributed by atoms with Crippen molar-refractivity contribution in [2.24, 2.45) is 0 Å². The Morgan fingerprint density at radius 3 is 2.50 bits per heavy atom. The van der Waals surface area contributed by atoms with Crippen LogP contribution in [0.3, 0.4) is 0 Å². The fourth-order valence-electron chi connectivity index (χ4n) is 5.22. The van der Waals surface area contributed by atoms with Crippen molar-refractivity contribution < 1.29 is 22.8 Å². The summed E-state index contributed by atoms with van der Waals surface area (Å²) < 4.78 is 43.3. The van der Waals surface area contributed by atoms with E-state index < -0.39 is 17.6 Å². The Bertz CT molecular complexity index is 1880. The molecule has 44 heavy (non-hydrogen) atoms.